The summed E-state index contributed by atoms with van der Waals surface area (Å²) in [5.74, 6) is -1.24. The van der Waals surface area contributed by atoms with Gasteiger partial charge in [-0.25, -0.2) is 8.78 Å². The largest absolute Gasteiger partial charge is 0.496 e. The summed E-state index contributed by atoms with van der Waals surface area (Å²) in [6.07, 6.45) is 1.05. The van der Waals surface area contributed by atoms with Crippen molar-refractivity contribution in [1.82, 2.24) is 19.6 Å². The molecule has 0 bridgehead atoms. The second-order valence-electron chi connectivity index (χ2n) is 9.05. The Morgan fingerprint density at radius 2 is 1.50 bits per heavy atom. The van der Waals surface area contributed by atoms with Gasteiger partial charge in [-0.2, -0.15) is 0 Å². The van der Waals surface area contributed by atoms with E-state index in [1.807, 2.05) is 15.9 Å². The van der Waals surface area contributed by atoms with Gasteiger partial charge in [0.25, 0.3) is 0 Å². The fourth-order valence-electron chi connectivity index (χ4n) is 4.69. The van der Waals surface area contributed by atoms with Crippen LogP contribution in [0.25, 0.3) is 0 Å². The quantitative estimate of drug-likeness (QED) is 0.591. The maximum absolute atomic E-state index is 14.3. The van der Waals surface area contributed by atoms with E-state index in [4.69, 9.17) is 4.74 Å². The Hall–Kier alpha value is -2.55. The molecule has 0 aromatic heterocycles. The van der Waals surface area contributed by atoms with Crippen molar-refractivity contribution < 1.29 is 18.3 Å². The highest BCUT2D eigenvalue weighted by atomic mass is 19.2. The fraction of sp³-hybridized carbons (Fsp3) is 0.500. The third kappa shape index (κ3) is 6.31. The number of carbonyl (C=O) groups excluding carboxylic acids is 1. The molecule has 2 aliphatic heterocycles. The molecule has 2 fully saturated rings. The average Bonchev–Trinajstić information content (AvgIpc) is 2.87. The van der Waals surface area contributed by atoms with Crippen molar-refractivity contribution in [2.75, 3.05) is 72.6 Å². The minimum Gasteiger partial charge on any atom is -0.496 e. The molecule has 0 spiro atoms. The van der Waals surface area contributed by atoms with Crippen LogP contribution in [0.1, 0.15) is 11.1 Å². The van der Waals surface area contributed by atoms with Crippen LogP contribution in [0.5, 0.6) is 5.75 Å². The summed E-state index contributed by atoms with van der Waals surface area (Å²) >= 11 is 0. The van der Waals surface area contributed by atoms with Gasteiger partial charge in [-0.05, 0) is 24.1 Å². The molecular weight excluding hydrogens is 438 g/mol. The van der Waals surface area contributed by atoms with Gasteiger partial charge >= 0.3 is 0 Å². The number of ether oxygens (including phenoxy) is 1. The van der Waals surface area contributed by atoms with Crippen molar-refractivity contribution in [3.8, 4) is 5.75 Å². The van der Waals surface area contributed by atoms with Gasteiger partial charge in [0.2, 0.25) is 5.91 Å². The van der Waals surface area contributed by atoms with Gasteiger partial charge in [-0.15, -0.1) is 0 Å². The molecule has 2 aromatic carbocycles. The first-order chi connectivity index (χ1) is 16.5. The number of nitrogens with zero attached hydrogens (tertiary/aromatic N) is 4. The normalized spacial score (nSPS) is 18.3. The zero-order chi connectivity index (χ0) is 23.9. The molecule has 0 N–H and O–H groups in total. The van der Waals surface area contributed by atoms with Crippen LogP contribution in [-0.2, 0) is 17.8 Å². The first-order valence-electron chi connectivity index (χ1n) is 12.0. The molecular formula is C26H34F2N4O2. The standard InChI is InChI=1S/C26H34F2N4O2/c1-34-24-8-7-23(27)26(28)22(24)19-30-15-17-32(18-16-30)25(33)20-31-13-11-29(12-14-31)10-9-21-5-3-2-4-6-21/h2-8H,9-20H2,1H3. The highest BCUT2D eigenvalue weighted by molar-refractivity contribution is 5.78. The van der Waals surface area contributed by atoms with Crippen molar-refractivity contribution in [2.24, 2.45) is 0 Å². The van der Waals surface area contributed by atoms with E-state index in [1.54, 1.807) is 0 Å². The van der Waals surface area contributed by atoms with E-state index in [1.165, 1.54) is 18.7 Å². The lowest BCUT2D eigenvalue weighted by atomic mass is 10.1. The molecule has 0 radical (unpaired) electrons. The Morgan fingerprint density at radius 3 is 2.18 bits per heavy atom. The summed E-state index contributed by atoms with van der Waals surface area (Å²) in [6, 6.07) is 13.1. The Morgan fingerprint density at radius 1 is 0.853 bits per heavy atom. The lowest BCUT2D eigenvalue weighted by Crippen LogP contribution is -2.53. The van der Waals surface area contributed by atoms with Gasteiger partial charge in [0.15, 0.2) is 11.6 Å². The van der Waals surface area contributed by atoms with Crippen molar-refractivity contribution in [1.29, 1.82) is 0 Å². The predicted octanol–water partition coefficient (Wildman–Crippen LogP) is 2.48. The van der Waals surface area contributed by atoms with E-state index in [0.717, 1.165) is 45.2 Å². The van der Waals surface area contributed by atoms with Gasteiger partial charge in [0.05, 0.1) is 13.7 Å². The smallest absolute Gasteiger partial charge is 0.236 e. The lowest BCUT2D eigenvalue weighted by molar-refractivity contribution is -0.134. The van der Waals surface area contributed by atoms with Gasteiger partial charge in [0.1, 0.15) is 5.75 Å². The number of hydrogen-bond acceptors (Lipinski definition) is 5. The minimum absolute atomic E-state index is 0.145. The lowest BCUT2D eigenvalue weighted by Gasteiger charge is -2.38. The molecule has 1 amide bonds. The maximum atomic E-state index is 14.3. The zero-order valence-electron chi connectivity index (χ0n) is 19.9. The molecule has 184 valence electrons. The Kier molecular flexibility index (Phi) is 8.48. The third-order valence-electron chi connectivity index (χ3n) is 6.86. The number of hydrogen-bond donors (Lipinski definition) is 0. The number of methoxy groups -OCH3 is 1. The molecule has 2 heterocycles. The number of piperazine rings is 2. The molecule has 2 saturated heterocycles. The molecule has 0 saturated carbocycles. The van der Waals surface area contributed by atoms with Crippen LogP contribution in [0.3, 0.4) is 0 Å². The SMILES string of the molecule is COc1ccc(F)c(F)c1CN1CCN(C(=O)CN2CCN(CCc3ccccc3)CC2)CC1. The fourth-order valence-corrected chi connectivity index (χ4v) is 4.69. The van der Waals surface area contributed by atoms with E-state index >= 15 is 0 Å². The Labute approximate surface area is 200 Å². The minimum atomic E-state index is -0.871. The van der Waals surface area contributed by atoms with E-state index in [-0.39, 0.29) is 18.0 Å². The van der Waals surface area contributed by atoms with Gasteiger partial charge in [0, 0.05) is 71.0 Å². The first kappa shape index (κ1) is 24.6. The van der Waals surface area contributed by atoms with E-state index in [9.17, 15) is 13.6 Å². The van der Waals surface area contributed by atoms with E-state index < -0.39 is 11.6 Å². The summed E-state index contributed by atoms with van der Waals surface area (Å²) in [4.78, 5) is 21.5. The summed E-state index contributed by atoms with van der Waals surface area (Å²) in [7, 11) is 1.45. The van der Waals surface area contributed by atoms with Crippen LogP contribution < -0.4 is 4.74 Å². The maximum Gasteiger partial charge on any atom is 0.236 e. The average molecular weight is 473 g/mol. The number of rotatable bonds is 8. The summed E-state index contributed by atoms with van der Waals surface area (Å²) < 4.78 is 33.2. The summed E-state index contributed by atoms with van der Waals surface area (Å²) in [5.41, 5.74) is 1.59. The Balaban J connectivity index is 1.18. The third-order valence-corrected chi connectivity index (χ3v) is 6.86. The molecule has 0 atom stereocenters. The van der Waals surface area contributed by atoms with Crippen LogP contribution in [0, 0.1) is 11.6 Å². The number of halogens is 2. The second kappa shape index (κ2) is 11.7. The van der Waals surface area contributed by atoms with Gasteiger partial charge < -0.3 is 14.5 Å². The molecule has 0 unspecified atom stereocenters. The molecule has 6 nitrogen and oxygen atoms in total. The summed E-state index contributed by atoms with van der Waals surface area (Å²) in [6.45, 7) is 7.95. The van der Waals surface area contributed by atoms with Crippen LogP contribution in [0.4, 0.5) is 8.78 Å². The number of carbonyl (C=O) groups is 1. The van der Waals surface area contributed by atoms with E-state index in [2.05, 4.69) is 34.1 Å². The summed E-state index contributed by atoms with van der Waals surface area (Å²) in [5, 5.41) is 0. The second-order valence-corrected chi connectivity index (χ2v) is 9.05. The molecule has 8 heteroatoms. The number of amides is 1. The van der Waals surface area contributed by atoms with Gasteiger partial charge in [-0.1, -0.05) is 30.3 Å². The van der Waals surface area contributed by atoms with Crippen LogP contribution in [0.15, 0.2) is 42.5 Å². The monoisotopic (exact) mass is 472 g/mol. The molecule has 4 rings (SSSR count). The highest BCUT2D eigenvalue weighted by Crippen LogP contribution is 2.25. The number of benzene rings is 2. The van der Waals surface area contributed by atoms with Crippen molar-refractivity contribution in [3.63, 3.8) is 0 Å². The zero-order valence-corrected chi connectivity index (χ0v) is 19.9. The van der Waals surface area contributed by atoms with Crippen molar-refractivity contribution in [2.45, 2.75) is 13.0 Å². The topological polar surface area (TPSA) is 39.3 Å². The van der Waals surface area contributed by atoms with Gasteiger partial charge in [-0.3, -0.25) is 14.6 Å². The van der Waals surface area contributed by atoms with Crippen molar-refractivity contribution >= 4 is 5.91 Å². The van der Waals surface area contributed by atoms with Crippen LogP contribution >= 0.6 is 0 Å². The molecule has 0 aliphatic carbocycles. The molecule has 2 aliphatic rings. The Bertz CT molecular complexity index is 943. The first-order valence-corrected chi connectivity index (χ1v) is 12.0. The van der Waals surface area contributed by atoms with Crippen molar-refractivity contribution in [3.05, 3.63) is 65.2 Å². The highest BCUT2D eigenvalue weighted by Gasteiger charge is 2.26. The van der Waals surface area contributed by atoms with E-state index in [0.29, 0.717) is 38.5 Å². The van der Waals surface area contributed by atoms with Crippen LogP contribution in [0.2, 0.25) is 0 Å². The molecule has 34 heavy (non-hydrogen) atoms. The predicted molar refractivity (Wildman–Crippen MR) is 128 cm³/mol. The van der Waals surface area contributed by atoms with Crippen LogP contribution in [-0.4, -0.2) is 98.1 Å². The molecule has 2 aromatic rings.